The van der Waals surface area contributed by atoms with Gasteiger partial charge in [0.1, 0.15) is 0 Å². The van der Waals surface area contributed by atoms with Crippen molar-refractivity contribution in [1.82, 2.24) is 0 Å². The van der Waals surface area contributed by atoms with Gasteiger partial charge in [0.25, 0.3) is 0 Å². The highest BCUT2D eigenvalue weighted by Gasteiger charge is 2.54. The topological polar surface area (TPSA) is 0 Å². The minimum absolute atomic E-state index is 0.998. The Hall–Kier alpha value is -2.63. The molecule has 0 saturated heterocycles. The van der Waals surface area contributed by atoms with Gasteiger partial charge in [-0.15, -0.1) is 7.14 Å². The van der Waals surface area contributed by atoms with Gasteiger partial charge in [0.15, 0.2) is 0 Å². The maximum atomic E-state index is 2.56. The number of hydrogen-bond donors (Lipinski definition) is 0. The van der Waals surface area contributed by atoms with E-state index in [0.717, 1.165) is 0 Å². The van der Waals surface area contributed by atoms with Gasteiger partial charge < -0.3 is 0 Å². The molecule has 0 spiro atoms. The summed E-state index contributed by atoms with van der Waals surface area (Å²) in [5.74, 6) is -0.998. The third-order valence-electron chi connectivity index (χ3n) is 7.20. The molecule has 2 heteroatoms. The predicted molar refractivity (Wildman–Crippen MR) is 138 cm³/mol. The zero-order valence-electron chi connectivity index (χ0n) is 18.0. The second kappa shape index (κ2) is 7.26. The van der Waals surface area contributed by atoms with E-state index in [9.17, 15) is 0 Å². The van der Waals surface area contributed by atoms with Gasteiger partial charge in [-0.25, -0.2) is 0 Å². The molecular formula is C28H28BP. The summed E-state index contributed by atoms with van der Waals surface area (Å²) in [6.45, 7) is 7.30. The fourth-order valence-corrected chi connectivity index (χ4v) is 9.65. The predicted octanol–water partition coefficient (Wildman–Crippen LogP) is 6.12. The van der Waals surface area contributed by atoms with Crippen LogP contribution in [0.15, 0.2) is 103 Å². The van der Waals surface area contributed by atoms with E-state index in [1.165, 1.54) is 44.5 Å². The van der Waals surface area contributed by atoms with Crippen LogP contribution in [0.25, 0.3) is 16.2 Å². The zero-order valence-corrected chi connectivity index (χ0v) is 18.9. The molecule has 0 fully saturated rings. The first-order valence-electron chi connectivity index (χ1n) is 10.8. The van der Waals surface area contributed by atoms with Crippen molar-refractivity contribution in [2.24, 2.45) is 0 Å². The molecule has 0 amide bonds. The Morgan fingerprint density at radius 3 is 2.03 bits per heavy atom. The van der Waals surface area contributed by atoms with Gasteiger partial charge in [-0.1, -0.05) is 114 Å². The summed E-state index contributed by atoms with van der Waals surface area (Å²) in [6, 6.07) is 36.4. The minimum Gasteiger partial charge on any atom is -0.158 e. The Morgan fingerprint density at radius 2 is 1.30 bits per heavy atom. The van der Waals surface area contributed by atoms with Crippen LogP contribution in [0.5, 0.6) is 0 Å². The first-order valence-corrected chi connectivity index (χ1v) is 13.8. The molecule has 1 aliphatic heterocycles. The molecule has 0 N–H and O–H groups in total. The van der Waals surface area contributed by atoms with Crippen molar-refractivity contribution in [1.29, 1.82) is 0 Å². The first-order chi connectivity index (χ1) is 14.5. The van der Waals surface area contributed by atoms with Crippen LogP contribution in [0, 0.1) is 6.92 Å². The lowest BCUT2D eigenvalue weighted by atomic mass is 9.33. The molecule has 5 rings (SSSR count). The van der Waals surface area contributed by atoms with Crippen molar-refractivity contribution in [3.8, 4) is 0 Å². The third-order valence-corrected chi connectivity index (χ3v) is 11.3. The molecule has 1 aliphatic rings. The molecular weight excluding hydrogens is 378 g/mol. The maximum Gasteiger partial charge on any atom is 0.246 e. The number of rotatable bonds is 3. The van der Waals surface area contributed by atoms with Gasteiger partial charge in [0.05, 0.1) is 0 Å². The Labute approximate surface area is 180 Å². The molecule has 0 aliphatic carbocycles. The monoisotopic (exact) mass is 406 g/mol. The highest BCUT2D eigenvalue weighted by molar-refractivity contribution is 8.14. The van der Waals surface area contributed by atoms with Crippen LogP contribution in [0.4, 0.5) is 0 Å². The smallest absolute Gasteiger partial charge is 0.158 e. The van der Waals surface area contributed by atoms with Gasteiger partial charge in [-0.2, -0.15) is 16.4 Å². The second-order valence-corrected chi connectivity index (χ2v) is 14.0. The summed E-state index contributed by atoms with van der Waals surface area (Å²) in [4.78, 5) is 0. The summed E-state index contributed by atoms with van der Waals surface area (Å²) in [6.07, 6.45) is 3.75. The van der Waals surface area contributed by atoms with E-state index in [2.05, 4.69) is 123 Å². The van der Waals surface area contributed by atoms with Crippen LogP contribution in [-0.2, 0) is 0 Å². The molecule has 1 atom stereocenters. The average molecular weight is 406 g/mol. The standard InChI is InChI=1S/C28H28BP/c1-22-13-17-27(18-14-22)29(26-11-5-4-6-12-26)28(19-20-30(29,2)3)25-16-15-23-9-7-8-10-24(23)21-25/h4-19,21H,20H2,1-3H3. The molecule has 0 nitrogen and oxygen atoms in total. The summed E-state index contributed by atoms with van der Waals surface area (Å²) < 4.78 is 0. The Kier molecular flexibility index (Phi) is 4.68. The lowest BCUT2D eigenvalue weighted by molar-refractivity contribution is 1.49. The lowest BCUT2D eigenvalue weighted by Crippen LogP contribution is -2.59. The van der Waals surface area contributed by atoms with Crippen LogP contribution < -0.4 is 10.9 Å². The van der Waals surface area contributed by atoms with Gasteiger partial charge in [0, 0.05) is 19.5 Å². The van der Waals surface area contributed by atoms with Crippen LogP contribution in [0.1, 0.15) is 11.1 Å². The van der Waals surface area contributed by atoms with Gasteiger partial charge in [-0.3, -0.25) is 0 Å². The zero-order chi connectivity index (χ0) is 20.8. The number of fused-ring (bicyclic) bond motifs is 1. The SMILES string of the molecule is Cc1ccc([B-]2(c3ccccc3)C(c3ccc4ccccc4c3)=CC[P+]2(C)C)cc1. The lowest BCUT2D eigenvalue weighted by Gasteiger charge is -2.46. The average Bonchev–Trinajstić information content (AvgIpc) is 3.06. The molecule has 0 radical (unpaired) electrons. The summed E-state index contributed by atoms with van der Waals surface area (Å²) in [7, 11) is -1.31. The molecule has 4 aromatic rings. The third kappa shape index (κ3) is 2.88. The molecule has 1 heterocycles. The van der Waals surface area contributed by atoms with Crippen molar-refractivity contribution in [2.45, 2.75) is 6.92 Å². The maximum absolute atomic E-state index is 2.56. The van der Waals surface area contributed by atoms with E-state index in [1.54, 1.807) is 0 Å². The van der Waals surface area contributed by atoms with Gasteiger partial charge >= 0.3 is 0 Å². The normalized spacial score (nSPS) is 20.3. The van der Waals surface area contributed by atoms with E-state index in [-0.39, 0.29) is 0 Å². The summed E-state index contributed by atoms with van der Waals surface area (Å²) in [5, 5.41) is 2.63. The molecule has 148 valence electrons. The minimum atomic E-state index is -1.31. The molecule has 0 aromatic heterocycles. The second-order valence-electron chi connectivity index (χ2n) is 9.32. The number of aryl methyl sites for hydroxylation is 1. The number of benzene rings is 4. The van der Waals surface area contributed by atoms with Crippen LogP contribution in [-0.4, -0.2) is 25.4 Å². The summed E-state index contributed by atoms with van der Waals surface area (Å²) >= 11 is 0. The van der Waals surface area contributed by atoms with E-state index in [1.807, 2.05) is 0 Å². The van der Waals surface area contributed by atoms with E-state index in [0.29, 0.717) is 0 Å². The van der Waals surface area contributed by atoms with E-state index >= 15 is 0 Å². The molecule has 0 saturated carbocycles. The largest absolute Gasteiger partial charge is 0.246 e. The van der Waals surface area contributed by atoms with Gasteiger partial charge in [-0.05, 0) is 17.7 Å². The molecule has 4 aromatic carbocycles. The van der Waals surface area contributed by atoms with Crippen molar-refractivity contribution >= 4 is 40.2 Å². The first kappa shape index (κ1) is 19.3. The highest BCUT2D eigenvalue weighted by atomic mass is 31.2. The number of hydrogen-bond acceptors (Lipinski definition) is 0. The fourth-order valence-electron chi connectivity index (χ4n) is 5.70. The quantitative estimate of drug-likeness (QED) is 0.284. The van der Waals surface area contributed by atoms with Crippen molar-refractivity contribution in [3.05, 3.63) is 114 Å². The number of allylic oxidation sites excluding steroid dienone is 1. The van der Waals surface area contributed by atoms with Crippen LogP contribution in [0.3, 0.4) is 0 Å². The Balaban J connectivity index is 1.81. The molecule has 1 unspecified atom stereocenters. The molecule has 30 heavy (non-hydrogen) atoms. The molecule has 0 bridgehead atoms. The summed E-state index contributed by atoms with van der Waals surface area (Å²) in [5.41, 5.74) is 7.21. The van der Waals surface area contributed by atoms with E-state index in [4.69, 9.17) is 0 Å². The fraction of sp³-hybridized carbons (Fsp3) is 0.143. The Morgan fingerprint density at radius 1 is 0.667 bits per heavy atom. The van der Waals surface area contributed by atoms with Crippen LogP contribution in [0.2, 0.25) is 0 Å². The van der Waals surface area contributed by atoms with Crippen LogP contribution >= 0.6 is 7.14 Å². The van der Waals surface area contributed by atoms with E-state index < -0.39 is 13.0 Å². The van der Waals surface area contributed by atoms with Gasteiger partial charge in [0.2, 0.25) is 5.87 Å². The Bertz CT molecular complexity index is 1240. The highest BCUT2D eigenvalue weighted by Crippen LogP contribution is 2.67. The van der Waals surface area contributed by atoms with Crippen molar-refractivity contribution in [3.63, 3.8) is 0 Å². The van der Waals surface area contributed by atoms with Crippen molar-refractivity contribution < 1.29 is 0 Å². The van der Waals surface area contributed by atoms with Crippen molar-refractivity contribution in [2.75, 3.05) is 19.5 Å².